The van der Waals surface area contributed by atoms with Gasteiger partial charge in [-0.1, -0.05) is 36.9 Å². The molecule has 31 heavy (non-hydrogen) atoms. The number of nitrogens with one attached hydrogen (secondary N) is 1. The monoisotopic (exact) mass is 446 g/mol. The van der Waals surface area contributed by atoms with Gasteiger partial charge < -0.3 is 15.1 Å². The maximum absolute atomic E-state index is 12.9. The van der Waals surface area contributed by atoms with Gasteiger partial charge in [-0.2, -0.15) is 0 Å². The van der Waals surface area contributed by atoms with E-state index in [1.54, 1.807) is 0 Å². The van der Waals surface area contributed by atoms with Crippen molar-refractivity contribution in [1.82, 2.24) is 15.1 Å². The summed E-state index contributed by atoms with van der Waals surface area (Å²) in [6.45, 7) is 6.08. The molecule has 2 aliphatic heterocycles. The van der Waals surface area contributed by atoms with Crippen molar-refractivity contribution in [2.24, 2.45) is 5.92 Å². The van der Waals surface area contributed by atoms with E-state index in [1.807, 2.05) is 23.1 Å². The van der Waals surface area contributed by atoms with Crippen molar-refractivity contribution >= 4 is 29.1 Å². The van der Waals surface area contributed by atoms with E-state index in [2.05, 4.69) is 21.2 Å². The molecule has 2 amide bonds. The summed E-state index contributed by atoms with van der Waals surface area (Å²) in [4.78, 5) is 32.4. The number of hydrogen-bond donors (Lipinski definition) is 1. The van der Waals surface area contributed by atoms with Crippen LogP contribution in [0.2, 0.25) is 5.02 Å². The van der Waals surface area contributed by atoms with E-state index < -0.39 is 0 Å². The molecule has 1 aliphatic carbocycles. The normalized spacial score (nSPS) is 23.2. The first-order valence-electron chi connectivity index (χ1n) is 11.9. The molecule has 1 atom stereocenters. The predicted molar refractivity (Wildman–Crippen MR) is 124 cm³/mol. The van der Waals surface area contributed by atoms with Gasteiger partial charge in [-0.3, -0.25) is 14.5 Å². The van der Waals surface area contributed by atoms with Gasteiger partial charge in [0.2, 0.25) is 11.8 Å². The smallest absolute Gasteiger partial charge is 0.242 e. The van der Waals surface area contributed by atoms with E-state index in [0.29, 0.717) is 6.54 Å². The van der Waals surface area contributed by atoms with E-state index in [0.717, 1.165) is 82.8 Å². The lowest BCUT2D eigenvalue weighted by molar-refractivity contribution is -0.142. The average Bonchev–Trinajstić information content (AvgIpc) is 3.30. The maximum atomic E-state index is 12.9. The lowest BCUT2D eigenvalue weighted by atomic mass is 9.88. The Hall–Kier alpha value is -1.79. The second kappa shape index (κ2) is 10.7. The highest BCUT2D eigenvalue weighted by Gasteiger charge is 2.37. The van der Waals surface area contributed by atoms with Gasteiger partial charge >= 0.3 is 0 Å². The number of amides is 2. The number of carbonyl (C=O) groups excluding carboxylic acids is 2. The SMILES string of the molecule is O=C(NCCN1CCN(c2cccc(Cl)c2)CC1)[C@@H]1CCCN1C(=O)C1CCCCC1. The Balaban J connectivity index is 1.19. The summed E-state index contributed by atoms with van der Waals surface area (Å²) in [6, 6.07) is 7.74. The third kappa shape index (κ3) is 5.72. The zero-order valence-corrected chi connectivity index (χ0v) is 19.2. The van der Waals surface area contributed by atoms with E-state index in [-0.39, 0.29) is 23.8 Å². The van der Waals surface area contributed by atoms with E-state index in [1.165, 1.54) is 12.1 Å². The van der Waals surface area contributed by atoms with Crippen LogP contribution in [0.25, 0.3) is 0 Å². The molecule has 2 heterocycles. The molecule has 0 aromatic heterocycles. The Morgan fingerprint density at radius 1 is 0.968 bits per heavy atom. The minimum absolute atomic E-state index is 0.0271. The number of piperazine rings is 1. The molecular formula is C24H35ClN4O2. The van der Waals surface area contributed by atoms with Crippen molar-refractivity contribution in [3.8, 4) is 0 Å². The Morgan fingerprint density at radius 3 is 2.48 bits per heavy atom. The Kier molecular flexibility index (Phi) is 7.72. The van der Waals surface area contributed by atoms with Crippen LogP contribution in [-0.2, 0) is 9.59 Å². The minimum atomic E-state index is -0.269. The molecule has 4 rings (SSSR count). The fourth-order valence-corrected chi connectivity index (χ4v) is 5.43. The molecule has 1 N–H and O–H groups in total. The van der Waals surface area contributed by atoms with Gasteiger partial charge in [0, 0.05) is 62.4 Å². The van der Waals surface area contributed by atoms with Gasteiger partial charge in [0.25, 0.3) is 0 Å². The van der Waals surface area contributed by atoms with Gasteiger partial charge in [0.15, 0.2) is 0 Å². The summed E-state index contributed by atoms with van der Waals surface area (Å²) >= 11 is 6.12. The third-order valence-electron chi connectivity index (χ3n) is 7.07. The number of benzene rings is 1. The van der Waals surface area contributed by atoms with Crippen molar-refractivity contribution in [2.75, 3.05) is 50.7 Å². The lowest BCUT2D eigenvalue weighted by Gasteiger charge is -2.36. The van der Waals surface area contributed by atoms with Crippen LogP contribution in [0.5, 0.6) is 0 Å². The van der Waals surface area contributed by atoms with Crippen molar-refractivity contribution in [3.05, 3.63) is 29.3 Å². The highest BCUT2D eigenvalue weighted by atomic mass is 35.5. The molecule has 1 aromatic carbocycles. The summed E-state index contributed by atoms with van der Waals surface area (Å²) in [7, 11) is 0. The first-order valence-corrected chi connectivity index (χ1v) is 12.3. The van der Waals surface area contributed by atoms with E-state index in [4.69, 9.17) is 11.6 Å². The van der Waals surface area contributed by atoms with Gasteiger partial charge in [-0.15, -0.1) is 0 Å². The fraction of sp³-hybridized carbons (Fsp3) is 0.667. The topological polar surface area (TPSA) is 55.9 Å². The number of likely N-dealkylation sites (tertiary alicyclic amines) is 1. The molecule has 0 unspecified atom stereocenters. The first kappa shape index (κ1) is 22.4. The van der Waals surface area contributed by atoms with Crippen LogP contribution in [0.15, 0.2) is 24.3 Å². The van der Waals surface area contributed by atoms with Crippen molar-refractivity contribution in [2.45, 2.75) is 51.0 Å². The van der Waals surface area contributed by atoms with Crippen molar-refractivity contribution in [3.63, 3.8) is 0 Å². The summed E-state index contributed by atoms with van der Waals surface area (Å²) in [6.07, 6.45) is 7.23. The Bertz CT molecular complexity index is 760. The largest absolute Gasteiger partial charge is 0.369 e. The summed E-state index contributed by atoms with van der Waals surface area (Å²) in [5, 5.41) is 3.87. The standard InChI is InChI=1S/C24H35ClN4O2/c25-20-8-4-9-21(18-20)28-16-14-27(15-17-28)13-11-26-23(30)22-10-5-12-29(22)24(31)19-6-2-1-3-7-19/h4,8-9,18-19,22H,1-3,5-7,10-17H2,(H,26,30)/t22-/m0/s1. The molecule has 0 bridgehead atoms. The molecule has 6 nitrogen and oxygen atoms in total. The van der Waals surface area contributed by atoms with Crippen molar-refractivity contribution in [1.29, 1.82) is 0 Å². The number of halogens is 1. The zero-order valence-electron chi connectivity index (χ0n) is 18.4. The van der Waals surface area contributed by atoms with Crippen LogP contribution < -0.4 is 10.2 Å². The van der Waals surface area contributed by atoms with E-state index in [9.17, 15) is 9.59 Å². The molecule has 7 heteroatoms. The predicted octanol–water partition coefficient (Wildman–Crippen LogP) is 3.15. The van der Waals surface area contributed by atoms with Crippen LogP contribution in [-0.4, -0.2) is 73.5 Å². The van der Waals surface area contributed by atoms with E-state index >= 15 is 0 Å². The molecule has 3 aliphatic rings. The van der Waals surface area contributed by atoms with Crippen LogP contribution in [0.1, 0.15) is 44.9 Å². The Labute approximate surface area is 190 Å². The van der Waals surface area contributed by atoms with Crippen LogP contribution in [0.4, 0.5) is 5.69 Å². The lowest BCUT2D eigenvalue weighted by Crippen LogP contribution is -2.51. The summed E-state index contributed by atoms with van der Waals surface area (Å²) in [5.74, 6) is 0.381. The highest BCUT2D eigenvalue weighted by Crippen LogP contribution is 2.29. The second-order valence-electron chi connectivity index (χ2n) is 9.12. The first-order chi connectivity index (χ1) is 15.1. The quantitative estimate of drug-likeness (QED) is 0.729. The molecule has 2 saturated heterocycles. The third-order valence-corrected chi connectivity index (χ3v) is 7.30. The fourth-order valence-electron chi connectivity index (χ4n) is 5.24. The molecule has 1 saturated carbocycles. The zero-order chi connectivity index (χ0) is 21.6. The maximum Gasteiger partial charge on any atom is 0.242 e. The van der Waals surface area contributed by atoms with Crippen LogP contribution in [0, 0.1) is 5.92 Å². The second-order valence-corrected chi connectivity index (χ2v) is 9.56. The number of hydrogen-bond acceptors (Lipinski definition) is 4. The molecular weight excluding hydrogens is 412 g/mol. The minimum Gasteiger partial charge on any atom is -0.369 e. The summed E-state index contributed by atoms with van der Waals surface area (Å²) < 4.78 is 0. The number of nitrogens with zero attached hydrogens (tertiary/aromatic N) is 3. The molecule has 0 spiro atoms. The van der Waals surface area contributed by atoms with Gasteiger partial charge in [-0.25, -0.2) is 0 Å². The molecule has 1 aromatic rings. The number of rotatable bonds is 6. The highest BCUT2D eigenvalue weighted by molar-refractivity contribution is 6.30. The average molecular weight is 447 g/mol. The number of carbonyl (C=O) groups is 2. The van der Waals surface area contributed by atoms with Crippen LogP contribution in [0.3, 0.4) is 0 Å². The molecule has 0 radical (unpaired) electrons. The van der Waals surface area contributed by atoms with Crippen LogP contribution >= 0.6 is 11.6 Å². The summed E-state index contributed by atoms with van der Waals surface area (Å²) in [5.41, 5.74) is 1.17. The van der Waals surface area contributed by atoms with Gasteiger partial charge in [0.1, 0.15) is 6.04 Å². The van der Waals surface area contributed by atoms with Gasteiger partial charge in [-0.05, 0) is 43.9 Å². The number of anilines is 1. The van der Waals surface area contributed by atoms with Crippen molar-refractivity contribution < 1.29 is 9.59 Å². The van der Waals surface area contributed by atoms with Gasteiger partial charge in [0.05, 0.1) is 0 Å². The molecule has 3 fully saturated rings. The Morgan fingerprint density at radius 2 is 1.74 bits per heavy atom. The molecule has 170 valence electrons.